The molecule has 1 fully saturated rings. The van der Waals surface area contributed by atoms with Crippen LogP contribution in [0, 0.1) is 5.92 Å². The molecule has 1 aromatic rings. The third-order valence-corrected chi connectivity index (χ3v) is 3.97. The zero-order chi connectivity index (χ0) is 14.7. The largest absolute Gasteiger partial charge is 0.481 e. The van der Waals surface area contributed by atoms with Crippen molar-refractivity contribution in [2.24, 2.45) is 5.92 Å². The van der Waals surface area contributed by atoms with Crippen LogP contribution in [0.2, 0.25) is 10.0 Å². The van der Waals surface area contributed by atoms with Crippen molar-refractivity contribution in [3.8, 4) is 0 Å². The van der Waals surface area contributed by atoms with E-state index in [1.165, 1.54) is 4.90 Å². The minimum atomic E-state index is -0.864. The predicted octanol–water partition coefficient (Wildman–Crippen LogP) is 3.32. The number of anilines is 1. The number of amides is 2. The number of hydrogen-bond acceptors (Lipinski definition) is 2. The second-order valence-corrected chi connectivity index (χ2v) is 5.50. The Morgan fingerprint density at radius 3 is 2.70 bits per heavy atom. The molecule has 2 amide bonds. The molecule has 0 aliphatic carbocycles. The highest BCUT2D eigenvalue weighted by molar-refractivity contribution is 6.42. The molecule has 0 bridgehead atoms. The van der Waals surface area contributed by atoms with E-state index in [0.717, 1.165) is 0 Å². The molecule has 5 nitrogen and oxygen atoms in total. The summed E-state index contributed by atoms with van der Waals surface area (Å²) in [5.41, 5.74) is 0.529. The number of hydrogen-bond donors (Lipinski definition) is 2. The Morgan fingerprint density at radius 2 is 2.05 bits per heavy atom. The normalized spacial score (nSPS) is 18.7. The van der Waals surface area contributed by atoms with Crippen LogP contribution in [-0.2, 0) is 4.79 Å². The summed E-state index contributed by atoms with van der Waals surface area (Å²) in [5.74, 6) is -1.36. The average Bonchev–Trinajstić information content (AvgIpc) is 2.43. The Morgan fingerprint density at radius 1 is 1.30 bits per heavy atom. The molecule has 1 aliphatic heterocycles. The molecule has 1 atom stereocenters. The molecule has 1 aromatic carbocycles. The third kappa shape index (κ3) is 3.55. The number of carbonyl (C=O) groups is 2. The van der Waals surface area contributed by atoms with Crippen molar-refractivity contribution in [1.82, 2.24) is 4.90 Å². The van der Waals surface area contributed by atoms with Crippen LogP contribution in [0.3, 0.4) is 0 Å². The molecule has 0 spiro atoms. The molecular formula is C13H14Cl2N2O3. The van der Waals surface area contributed by atoms with Gasteiger partial charge in [0.1, 0.15) is 0 Å². The van der Waals surface area contributed by atoms with E-state index in [9.17, 15) is 9.59 Å². The summed E-state index contributed by atoms with van der Waals surface area (Å²) in [7, 11) is 0. The molecule has 0 unspecified atom stereocenters. The van der Waals surface area contributed by atoms with Gasteiger partial charge in [0.05, 0.1) is 16.0 Å². The van der Waals surface area contributed by atoms with Crippen LogP contribution < -0.4 is 5.32 Å². The highest BCUT2D eigenvalue weighted by atomic mass is 35.5. The minimum Gasteiger partial charge on any atom is -0.481 e. The van der Waals surface area contributed by atoms with Crippen LogP contribution in [0.4, 0.5) is 10.5 Å². The van der Waals surface area contributed by atoms with Crippen LogP contribution in [0.1, 0.15) is 12.8 Å². The van der Waals surface area contributed by atoms with Gasteiger partial charge >= 0.3 is 12.0 Å². The number of likely N-dealkylation sites (tertiary alicyclic amines) is 1. The number of nitrogens with zero attached hydrogens (tertiary/aromatic N) is 1. The maximum absolute atomic E-state index is 12.1. The number of halogens is 2. The summed E-state index contributed by atoms with van der Waals surface area (Å²) < 4.78 is 0. The zero-order valence-electron chi connectivity index (χ0n) is 10.6. The van der Waals surface area contributed by atoms with E-state index in [2.05, 4.69) is 5.32 Å². The first-order valence-electron chi connectivity index (χ1n) is 6.21. The highest BCUT2D eigenvalue weighted by Gasteiger charge is 2.28. The molecule has 0 saturated carbocycles. The van der Waals surface area contributed by atoms with E-state index >= 15 is 0 Å². The van der Waals surface area contributed by atoms with Crippen LogP contribution in [0.25, 0.3) is 0 Å². The van der Waals surface area contributed by atoms with Crippen molar-refractivity contribution in [2.45, 2.75) is 12.8 Å². The quantitative estimate of drug-likeness (QED) is 0.879. The van der Waals surface area contributed by atoms with Crippen molar-refractivity contribution < 1.29 is 14.7 Å². The van der Waals surface area contributed by atoms with Crippen molar-refractivity contribution in [1.29, 1.82) is 0 Å². The second kappa shape index (κ2) is 6.33. The van der Waals surface area contributed by atoms with Gasteiger partial charge in [-0.1, -0.05) is 23.2 Å². The Hall–Kier alpha value is -1.46. The van der Waals surface area contributed by atoms with E-state index in [0.29, 0.717) is 35.1 Å². The fourth-order valence-corrected chi connectivity index (χ4v) is 2.44. The SMILES string of the molecule is O=C(O)[C@H]1CCCN(C(=O)Nc2ccc(Cl)c(Cl)c2)C1. The lowest BCUT2D eigenvalue weighted by atomic mass is 9.99. The van der Waals surface area contributed by atoms with Gasteiger partial charge in [-0.15, -0.1) is 0 Å². The number of aliphatic carboxylic acids is 1. The van der Waals surface area contributed by atoms with Crippen LogP contribution in [-0.4, -0.2) is 35.1 Å². The third-order valence-electron chi connectivity index (χ3n) is 3.23. The van der Waals surface area contributed by atoms with Crippen molar-refractivity contribution in [2.75, 3.05) is 18.4 Å². The maximum Gasteiger partial charge on any atom is 0.321 e. The second-order valence-electron chi connectivity index (χ2n) is 4.68. The molecule has 0 radical (unpaired) electrons. The molecule has 1 saturated heterocycles. The first-order valence-corrected chi connectivity index (χ1v) is 6.97. The Kier molecular flexibility index (Phi) is 4.73. The average molecular weight is 317 g/mol. The van der Waals surface area contributed by atoms with Gasteiger partial charge in [0, 0.05) is 18.8 Å². The zero-order valence-corrected chi connectivity index (χ0v) is 12.1. The van der Waals surface area contributed by atoms with Crippen LogP contribution >= 0.6 is 23.2 Å². The fraction of sp³-hybridized carbons (Fsp3) is 0.385. The standard InChI is InChI=1S/C13H14Cl2N2O3/c14-10-4-3-9(6-11(10)15)16-13(20)17-5-1-2-8(7-17)12(18)19/h3-4,6,8H,1-2,5,7H2,(H,16,20)(H,18,19)/t8-/m0/s1. The van der Waals surface area contributed by atoms with Gasteiger partial charge in [-0.3, -0.25) is 4.79 Å². The number of carboxylic acids is 1. The summed E-state index contributed by atoms with van der Waals surface area (Å²) in [4.78, 5) is 24.6. The van der Waals surface area contributed by atoms with E-state index in [4.69, 9.17) is 28.3 Å². The highest BCUT2D eigenvalue weighted by Crippen LogP contribution is 2.25. The number of carbonyl (C=O) groups excluding carboxylic acids is 1. The number of rotatable bonds is 2. The number of urea groups is 1. The molecule has 20 heavy (non-hydrogen) atoms. The van der Waals surface area contributed by atoms with Crippen molar-refractivity contribution in [3.63, 3.8) is 0 Å². The first-order chi connectivity index (χ1) is 9.47. The number of nitrogens with one attached hydrogen (secondary N) is 1. The van der Waals surface area contributed by atoms with E-state index < -0.39 is 11.9 Å². The van der Waals surface area contributed by atoms with E-state index in [-0.39, 0.29) is 12.6 Å². The lowest BCUT2D eigenvalue weighted by molar-refractivity contribution is -0.143. The number of benzene rings is 1. The molecule has 108 valence electrons. The van der Waals surface area contributed by atoms with E-state index in [1.807, 2.05) is 0 Å². The Balaban J connectivity index is 2.00. The topological polar surface area (TPSA) is 69.6 Å². The first kappa shape index (κ1) is 14.9. The fourth-order valence-electron chi connectivity index (χ4n) is 2.14. The summed E-state index contributed by atoms with van der Waals surface area (Å²) in [6.45, 7) is 0.777. The lowest BCUT2D eigenvalue weighted by Gasteiger charge is -2.30. The predicted molar refractivity (Wildman–Crippen MR) is 77.4 cm³/mol. The van der Waals surface area contributed by atoms with Crippen molar-refractivity contribution in [3.05, 3.63) is 28.2 Å². The minimum absolute atomic E-state index is 0.225. The van der Waals surface area contributed by atoms with Gasteiger partial charge in [-0.2, -0.15) is 0 Å². The molecule has 2 N–H and O–H groups in total. The summed E-state index contributed by atoms with van der Waals surface area (Å²) in [5, 5.41) is 12.5. The van der Waals surface area contributed by atoms with Gasteiger partial charge in [0.2, 0.25) is 0 Å². The summed E-state index contributed by atoms with van der Waals surface area (Å²) in [6.07, 6.45) is 1.29. The van der Waals surface area contributed by atoms with Gasteiger partial charge in [0.25, 0.3) is 0 Å². The molecule has 1 aliphatic rings. The number of piperidine rings is 1. The van der Waals surface area contributed by atoms with Gasteiger partial charge in [-0.05, 0) is 31.0 Å². The Labute approximate surface area is 126 Å². The van der Waals surface area contributed by atoms with Gasteiger partial charge in [0.15, 0.2) is 0 Å². The molecule has 2 rings (SSSR count). The monoisotopic (exact) mass is 316 g/mol. The van der Waals surface area contributed by atoms with Crippen molar-refractivity contribution >= 4 is 40.9 Å². The molecular weight excluding hydrogens is 303 g/mol. The van der Waals surface area contributed by atoms with E-state index in [1.54, 1.807) is 18.2 Å². The summed E-state index contributed by atoms with van der Waals surface area (Å²) >= 11 is 11.7. The van der Waals surface area contributed by atoms with Crippen LogP contribution in [0.5, 0.6) is 0 Å². The number of carboxylic acid groups (broad SMARTS) is 1. The smallest absolute Gasteiger partial charge is 0.321 e. The van der Waals surface area contributed by atoms with Gasteiger partial charge < -0.3 is 15.3 Å². The maximum atomic E-state index is 12.1. The van der Waals surface area contributed by atoms with Crippen LogP contribution in [0.15, 0.2) is 18.2 Å². The molecule has 1 heterocycles. The summed E-state index contributed by atoms with van der Waals surface area (Å²) in [6, 6.07) is 4.47. The molecule has 0 aromatic heterocycles. The van der Waals surface area contributed by atoms with Gasteiger partial charge in [-0.25, -0.2) is 4.79 Å². The lowest BCUT2D eigenvalue weighted by Crippen LogP contribution is -2.44. The molecule has 7 heteroatoms. The Bertz CT molecular complexity index is 536.